The highest BCUT2D eigenvalue weighted by Crippen LogP contribution is 2.29. The van der Waals surface area contributed by atoms with Gasteiger partial charge in [-0.05, 0) is 19.8 Å². The maximum atomic E-state index is 12.0. The number of ether oxygens (including phenoxy) is 1. The number of aliphatic carboxylic acids is 1. The van der Waals surface area contributed by atoms with Crippen LogP contribution in [0.3, 0.4) is 0 Å². The molecular formula is C14H25N3O4. The number of urea groups is 1. The van der Waals surface area contributed by atoms with E-state index in [9.17, 15) is 14.7 Å². The van der Waals surface area contributed by atoms with E-state index in [1.54, 1.807) is 0 Å². The van der Waals surface area contributed by atoms with Crippen molar-refractivity contribution in [2.75, 3.05) is 32.8 Å². The van der Waals surface area contributed by atoms with Crippen molar-refractivity contribution in [1.29, 1.82) is 0 Å². The third-order valence-corrected chi connectivity index (χ3v) is 4.23. The van der Waals surface area contributed by atoms with Crippen LogP contribution in [0.2, 0.25) is 0 Å². The van der Waals surface area contributed by atoms with E-state index in [4.69, 9.17) is 4.74 Å². The molecule has 1 saturated heterocycles. The maximum absolute atomic E-state index is 12.0. The Kier molecular flexibility index (Phi) is 5.41. The molecule has 120 valence electrons. The van der Waals surface area contributed by atoms with Gasteiger partial charge in [-0.2, -0.15) is 0 Å². The van der Waals surface area contributed by atoms with E-state index in [2.05, 4.69) is 15.5 Å². The quantitative estimate of drug-likeness (QED) is 0.684. The zero-order valence-corrected chi connectivity index (χ0v) is 12.6. The van der Waals surface area contributed by atoms with Crippen LogP contribution < -0.4 is 10.6 Å². The van der Waals surface area contributed by atoms with Crippen molar-refractivity contribution in [2.24, 2.45) is 0 Å². The molecule has 1 atom stereocenters. The van der Waals surface area contributed by atoms with Crippen LogP contribution in [0.25, 0.3) is 0 Å². The number of hydrogen-bond acceptors (Lipinski definition) is 4. The topological polar surface area (TPSA) is 90.9 Å². The van der Waals surface area contributed by atoms with Crippen molar-refractivity contribution < 1.29 is 19.4 Å². The van der Waals surface area contributed by atoms with E-state index in [0.717, 1.165) is 45.7 Å². The Hall–Kier alpha value is -1.34. The number of amides is 2. The number of nitrogens with one attached hydrogen (secondary N) is 2. The van der Waals surface area contributed by atoms with Gasteiger partial charge >= 0.3 is 12.0 Å². The van der Waals surface area contributed by atoms with Gasteiger partial charge in [-0.15, -0.1) is 0 Å². The van der Waals surface area contributed by atoms with Gasteiger partial charge in [-0.3, -0.25) is 4.90 Å². The molecule has 7 heteroatoms. The minimum absolute atomic E-state index is 0.0321. The zero-order chi connectivity index (χ0) is 15.3. The molecule has 2 rings (SSSR count). The van der Waals surface area contributed by atoms with Gasteiger partial charge in [-0.1, -0.05) is 12.8 Å². The van der Waals surface area contributed by atoms with Gasteiger partial charge in [0.15, 0.2) is 0 Å². The van der Waals surface area contributed by atoms with Gasteiger partial charge < -0.3 is 20.5 Å². The molecule has 2 aliphatic rings. The van der Waals surface area contributed by atoms with Gasteiger partial charge in [0.05, 0.1) is 13.2 Å². The van der Waals surface area contributed by atoms with Crippen LogP contribution in [0.1, 0.15) is 32.6 Å². The molecule has 1 heterocycles. The third-order valence-electron chi connectivity index (χ3n) is 4.23. The van der Waals surface area contributed by atoms with Crippen molar-refractivity contribution in [2.45, 2.75) is 44.2 Å². The number of nitrogens with zero attached hydrogens (tertiary/aromatic N) is 1. The Bertz CT molecular complexity index is 376. The third kappa shape index (κ3) is 4.31. The number of hydrogen-bond donors (Lipinski definition) is 3. The molecule has 2 fully saturated rings. The van der Waals surface area contributed by atoms with Crippen molar-refractivity contribution in [3.05, 3.63) is 0 Å². The summed E-state index contributed by atoms with van der Waals surface area (Å²) >= 11 is 0. The summed E-state index contributed by atoms with van der Waals surface area (Å²) in [6.45, 7) is 5.86. The first-order valence-electron chi connectivity index (χ1n) is 7.64. The SMILES string of the molecule is CC(CN1CCOCC1)NC(=O)NC1(C(=O)O)CCCC1. The first-order valence-corrected chi connectivity index (χ1v) is 7.64. The number of carbonyl (C=O) groups is 2. The second kappa shape index (κ2) is 7.09. The maximum Gasteiger partial charge on any atom is 0.329 e. The van der Waals surface area contributed by atoms with Crippen LogP contribution in [0, 0.1) is 0 Å². The summed E-state index contributed by atoms with van der Waals surface area (Å²) in [5, 5.41) is 14.8. The van der Waals surface area contributed by atoms with Crippen LogP contribution in [0.4, 0.5) is 4.79 Å². The summed E-state index contributed by atoms with van der Waals surface area (Å²) in [6, 6.07) is -0.421. The molecule has 0 aromatic carbocycles. The fourth-order valence-corrected chi connectivity index (χ4v) is 3.06. The molecular weight excluding hydrogens is 274 g/mol. The van der Waals surface area contributed by atoms with E-state index >= 15 is 0 Å². The zero-order valence-electron chi connectivity index (χ0n) is 12.6. The molecule has 1 aliphatic carbocycles. The molecule has 7 nitrogen and oxygen atoms in total. The minimum Gasteiger partial charge on any atom is -0.480 e. The second-order valence-electron chi connectivity index (χ2n) is 6.01. The van der Waals surface area contributed by atoms with Crippen LogP contribution in [-0.4, -0.2) is 66.4 Å². The van der Waals surface area contributed by atoms with E-state index in [1.807, 2.05) is 6.92 Å². The number of morpholine rings is 1. The van der Waals surface area contributed by atoms with Crippen molar-refractivity contribution in [3.63, 3.8) is 0 Å². The average Bonchev–Trinajstić information content (AvgIpc) is 2.89. The Morgan fingerprint density at radius 3 is 2.48 bits per heavy atom. The van der Waals surface area contributed by atoms with Crippen molar-refractivity contribution in [3.8, 4) is 0 Å². The van der Waals surface area contributed by atoms with E-state index in [1.165, 1.54) is 0 Å². The molecule has 0 aromatic rings. The van der Waals surface area contributed by atoms with Gasteiger partial charge in [0.2, 0.25) is 0 Å². The molecule has 0 aromatic heterocycles. The second-order valence-corrected chi connectivity index (χ2v) is 6.01. The van der Waals surface area contributed by atoms with Gasteiger partial charge in [0, 0.05) is 25.7 Å². The molecule has 1 saturated carbocycles. The largest absolute Gasteiger partial charge is 0.480 e. The summed E-state index contributed by atoms with van der Waals surface area (Å²) < 4.78 is 5.28. The summed E-state index contributed by atoms with van der Waals surface area (Å²) in [4.78, 5) is 25.7. The van der Waals surface area contributed by atoms with Gasteiger partial charge in [0.1, 0.15) is 5.54 Å². The predicted octanol–water partition coefficient (Wildman–Crippen LogP) is 0.404. The van der Waals surface area contributed by atoms with Crippen molar-refractivity contribution in [1.82, 2.24) is 15.5 Å². The predicted molar refractivity (Wildman–Crippen MR) is 77.2 cm³/mol. The number of carboxylic acids is 1. The van der Waals surface area contributed by atoms with E-state index in [0.29, 0.717) is 12.8 Å². The molecule has 1 unspecified atom stereocenters. The summed E-state index contributed by atoms with van der Waals surface area (Å²) in [5.41, 5.74) is -1.08. The van der Waals surface area contributed by atoms with Crippen LogP contribution in [0.15, 0.2) is 0 Å². The van der Waals surface area contributed by atoms with Crippen LogP contribution >= 0.6 is 0 Å². The molecule has 0 radical (unpaired) electrons. The molecule has 2 amide bonds. The Morgan fingerprint density at radius 2 is 1.90 bits per heavy atom. The number of carboxylic acid groups (broad SMARTS) is 1. The first-order chi connectivity index (χ1) is 10.0. The molecule has 0 spiro atoms. The normalized spacial score (nSPS) is 23.5. The molecule has 0 bridgehead atoms. The summed E-state index contributed by atoms with van der Waals surface area (Å²) in [5.74, 6) is -0.934. The van der Waals surface area contributed by atoms with Crippen molar-refractivity contribution >= 4 is 12.0 Å². The smallest absolute Gasteiger partial charge is 0.329 e. The number of rotatable bonds is 5. The highest BCUT2D eigenvalue weighted by molar-refractivity contribution is 5.86. The molecule has 1 aliphatic heterocycles. The monoisotopic (exact) mass is 299 g/mol. The Morgan fingerprint density at radius 1 is 1.29 bits per heavy atom. The Labute approximate surface area is 125 Å². The lowest BCUT2D eigenvalue weighted by atomic mass is 9.98. The lowest BCUT2D eigenvalue weighted by molar-refractivity contribution is -0.144. The average molecular weight is 299 g/mol. The van der Waals surface area contributed by atoms with E-state index in [-0.39, 0.29) is 12.1 Å². The van der Waals surface area contributed by atoms with E-state index < -0.39 is 11.5 Å². The summed E-state index contributed by atoms with van der Waals surface area (Å²) in [7, 11) is 0. The summed E-state index contributed by atoms with van der Waals surface area (Å²) in [6.07, 6.45) is 2.70. The Balaban J connectivity index is 1.78. The van der Waals surface area contributed by atoms with Gasteiger partial charge in [0.25, 0.3) is 0 Å². The van der Waals surface area contributed by atoms with Crippen LogP contribution in [-0.2, 0) is 9.53 Å². The fourth-order valence-electron chi connectivity index (χ4n) is 3.06. The number of carbonyl (C=O) groups excluding carboxylic acids is 1. The standard InChI is InChI=1S/C14H25N3O4/c1-11(10-17-6-8-21-9-7-17)15-13(20)16-14(12(18)19)4-2-3-5-14/h11H,2-10H2,1H3,(H,18,19)(H2,15,16,20). The first kappa shape index (κ1) is 16.0. The highest BCUT2D eigenvalue weighted by atomic mass is 16.5. The van der Waals surface area contributed by atoms with Gasteiger partial charge in [-0.25, -0.2) is 9.59 Å². The lowest BCUT2D eigenvalue weighted by Gasteiger charge is -2.30. The minimum atomic E-state index is -1.08. The highest BCUT2D eigenvalue weighted by Gasteiger charge is 2.42. The van der Waals surface area contributed by atoms with Crippen LogP contribution in [0.5, 0.6) is 0 Å². The molecule has 21 heavy (non-hydrogen) atoms. The lowest BCUT2D eigenvalue weighted by Crippen LogP contribution is -2.57. The molecule has 3 N–H and O–H groups in total. The fraction of sp³-hybridized carbons (Fsp3) is 0.857.